The van der Waals surface area contributed by atoms with Gasteiger partial charge in [-0.1, -0.05) is 45.0 Å². The van der Waals surface area contributed by atoms with Gasteiger partial charge in [-0.05, 0) is 35.2 Å². The van der Waals surface area contributed by atoms with Gasteiger partial charge in [-0.2, -0.15) is 5.10 Å². The van der Waals surface area contributed by atoms with Crippen LogP contribution in [0.15, 0.2) is 60.8 Å². The molecule has 30 heavy (non-hydrogen) atoms. The van der Waals surface area contributed by atoms with E-state index in [0.717, 1.165) is 17.7 Å². The normalized spacial score (nSPS) is 11.8. The Hall–Kier alpha value is -3.41. The largest absolute Gasteiger partial charge is 0.294 e. The fourth-order valence-electron chi connectivity index (χ4n) is 3.34. The first-order valence-corrected chi connectivity index (χ1v) is 9.65. The molecule has 152 valence electrons. The summed E-state index contributed by atoms with van der Waals surface area (Å²) in [4.78, 5) is 17.3. The monoisotopic (exact) mass is 405 g/mol. The van der Waals surface area contributed by atoms with Crippen molar-refractivity contribution in [2.75, 3.05) is 0 Å². The Morgan fingerprint density at radius 2 is 1.70 bits per heavy atom. The van der Waals surface area contributed by atoms with Crippen LogP contribution in [0.4, 0.5) is 8.78 Å². The molecule has 2 aromatic carbocycles. The molecule has 0 aliphatic heterocycles. The summed E-state index contributed by atoms with van der Waals surface area (Å²) < 4.78 is 28.7. The van der Waals surface area contributed by atoms with E-state index in [4.69, 9.17) is 0 Å². The van der Waals surface area contributed by atoms with Crippen LogP contribution in [0.25, 0.3) is 16.9 Å². The summed E-state index contributed by atoms with van der Waals surface area (Å²) in [6, 6.07) is 14.6. The molecule has 4 aromatic rings. The van der Waals surface area contributed by atoms with E-state index < -0.39 is 11.6 Å². The Balaban J connectivity index is 1.68. The first-order chi connectivity index (χ1) is 14.2. The number of aromatic nitrogens is 3. The number of Topliss-reactive ketones (excluding diaryl/α,β-unsaturated/α-hetero) is 1. The Morgan fingerprint density at radius 1 is 0.967 bits per heavy atom. The SMILES string of the molecule is CC(C)(C)c1ccc(C(=O)Cc2cc(-c3ccc(F)c(F)c3)n3nccc3n2)cc1. The van der Waals surface area contributed by atoms with Gasteiger partial charge < -0.3 is 0 Å². The molecule has 4 nitrogen and oxygen atoms in total. The van der Waals surface area contributed by atoms with E-state index in [1.54, 1.807) is 22.8 Å². The third-order valence-electron chi connectivity index (χ3n) is 5.04. The fraction of sp³-hybridized carbons (Fsp3) is 0.208. The number of rotatable bonds is 4. The van der Waals surface area contributed by atoms with E-state index in [1.165, 1.54) is 6.07 Å². The third kappa shape index (κ3) is 3.85. The quantitative estimate of drug-likeness (QED) is 0.427. The van der Waals surface area contributed by atoms with Crippen LogP contribution in [-0.4, -0.2) is 20.4 Å². The smallest absolute Gasteiger partial charge is 0.168 e. The molecule has 0 saturated heterocycles. The Bertz CT molecular complexity index is 1240. The molecular formula is C24H21F2N3O. The molecule has 2 aromatic heterocycles. The van der Waals surface area contributed by atoms with Gasteiger partial charge in [0.2, 0.25) is 0 Å². The van der Waals surface area contributed by atoms with Crippen LogP contribution in [0.3, 0.4) is 0 Å². The standard InChI is InChI=1S/C24H21F2N3O/c1-24(2,3)17-7-4-15(5-8-17)22(30)14-18-13-21(29-23(28-18)10-11-27-29)16-6-9-19(25)20(26)12-16/h4-13H,14H2,1-3H3. The van der Waals surface area contributed by atoms with Gasteiger partial charge in [-0.15, -0.1) is 0 Å². The molecule has 0 atom stereocenters. The van der Waals surface area contributed by atoms with Crippen LogP contribution < -0.4 is 0 Å². The van der Waals surface area contributed by atoms with E-state index in [-0.39, 0.29) is 17.6 Å². The number of fused-ring (bicyclic) bond motifs is 1. The van der Waals surface area contributed by atoms with Crippen molar-refractivity contribution in [3.63, 3.8) is 0 Å². The maximum Gasteiger partial charge on any atom is 0.168 e. The number of benzene rings is 2. The molecule has 0 N–H and O–H groups in total. The summed E-state index contributed by atoms with van der Waals surface area (Å²) in [5, 5.41) is 4.21. The highest BCUT2D eigenvalue weighted by atomic mass is 19.2. The van der Waals surface area contributed by atoms with Crippen LogP contribution >= 0.6 is 0 Å². The second kappa shape index (κ2) is 7.44. The molecule has 2 heterocycles. The fourth-order valence-corrected chi connectivity index (χ4v) is 3.34. The Labute approximate surface area is 173 Å². The van der Waals surface area contributed by atoms with E-state index >= 15 is 0 Å². The Kier molecular flexibility index (Phi) is 4.94. The molecule has 0 saturated carbocycles. The minimum Gasteiger partial charge on any atom is -0.294 e. The summed E-state index contributed by atoms with van der Waals surface area (Å²) >= 11 is 0. The third-order valence-corrected chi connectivity index (χ3v) is 5.04. The highest BCUT2D eigenvalue weighted by Gasteiger charge is 2.16. The predicted octanol–water partition coefficient (Wildman–Crippen LogP) is 5.40. The van der Waals surface area contributed by atoms with Crippen molar-refractivity contribution in [3.05, 3.63) is 89.2 Å². The van der Waals surface area contributed by atoms with Crippen LogP contribution in [-0.2, 0) is 11.8 Å². The van der Waals surface area contributed by atoms with Crippen LogP contribution in [0.2, 0.25) is 0 Å². The molecule has 0 radical (unpaired) electrons. The van der Waals surface area contributed by atoms with Crippen molar-refractivity contribution in [1.82, 2.24) is 14.6 Å². The molecule has 0 unspecified atom stereocenters. The highest BCUT2D eigenvalue weighted by molar-refractivity contribution is 5.97. The summed E-state index contributed by atoms with van der Waals surface area (Å²) in [6.45, 7) is 6.36. The molecule has 4 rings (SSSR count). The zero-order valence-corrected chi connectivity index (χ0v) is 17.0. The predicted molar refractivity (Wildman–Crippen MR) is 112 cm³/mol. The lowest BCUT2D eigenvalue weighted by Gasteiger charge is -2.19. The summed E-state index contributed by atoms with van der Waals surface area (Å²) in [7, 11) is 0. The lowest BCUT2D eigenvalue weighted by molar-refractivity contribution is 0.0992. The number of carbonyl (C=O) groups is 1. The summed E-state index contributed by atoms with van der Waals surface area (Å²) in [6.07, 6.45) is 1.66. The zero-order valence-electron chi connectivity index (χ0n) is 17.0. The number of ketones is 1. The lowest BCUT2D eigenvalue weighted by atomic mass is 9.86. The number of hydrogen-bond acceptors (Lipinski definition) is 3. The minimum atomic E-state index is -0.943. The molecule has 0 amide bonds. The van der Waals surface area contributed by atoms with Crippen LogP contribution in [0, 0.1) is 11.6 Å². The van der Waals surface area contributed by atoms with Crippen molar-refractivity contribution >= 4 is 11.4 Å². The van der Waals surface area contributed by atoms with Gasteiger partial charge in [-0.25, -0.2) is 18.3 Å². The van der Waals surface area contributed by atoms with Crippen molar-refractivity contribution in [1.29, 1.82) is 0 Å². The van der Waals surface area contributed by atoms with Crippen LogP contribution in [0.5, 0.6) is 0 Å². The topological polar surface area (TPSA) is 47.3 Å². The summed E-state index contributed by atoms with van der Waals surface area (Å²) in [5.74, 6) is -1.93. The van der Waals surface area contributed by atoms with Gasteiger partial charge in [0.1, 0.15) is 0 Å². The second-order valence-electron chi connectivity index (χ2n) is 8.29. The van der Waals surface area contributed by atoms with Crippen molar-refractivity contribution in [2.45, 2.75) is 32.6 Å². The van der Waals surface area contributed by atoms with Crippen molar-refractivity contribution < 1.29 is 13.6 Å². The molecule has 0 fully saturated rings. The van der Waals surface area contributed by atoms with Crippen molar-refractivity contribution in [2.24, 2.45) is 0 Å². The molecule has 0 bridgehead atoms. The maximum atomic E-state index is 13.8. The second-order valence-corrected chi connectivity index (χ2v) is 8.29. The average Bonchev–Trinajstić information content (AvgIpc) is 3.17. The number of nitrogens with zero attached hydrogens (tertiary/aromatic N) is 3. The zero-order chi connectivity index (χ0) is 21.5. The highest BCUT2D eigenvalue weighted by Crippen LogP contribution is 2.25. The Morgan fingerprint density at radius 3 is 2.37 bits per heavy atom. The lowest BCUT2D eigenvalue weighted by Crippen LogP contribution is -2.12. The van der Waals surface area contributed by atoms with Gasteiger partial charge in [0, 0.05) is 17.2 Å². The minimum absolute atomic E-state index is 0.00943. The first kappa shape index (κ1) is 19.9. The summed E-state index contributed by atoms with van der Waals surface area (Å²) in [5.41, 5.74) is 3.82. The number of carbonyl (C=O) groups excluding carboxylic acids is 1. The number of hydrogen-bond donors (Lipinski definition) is 0. The molecule has 0 spiro atoms. The maximum absolute atomic E-state index is 13.8. The van der Waals surface area contributed by atoms with Gasteiger partial charge in [0.25, 0.3) is 0 Å². The van der Waals surface area contributed by atoms with E-state index in [1.807, 2.05) is 24.3 Å². The van der Waals surface area contributed by atoms with Gasteiger partial charge in [0.15, 0.2) is 23.1 Å². The van der Waals surface area contributed by atoms with Crippen LogP contribution in [0.1, 0.15) is 42.4 Å². The van der Waals surface area contributed by atoms with Gasteiger partial charge in [0.05, 0.1) is 24.0 Å². The first-order valence-electron chi connectivity index (χ1n) is 9.65. The molecule has 6 heteroatoms. The average molecular weight is 405 g/mol. The van der Waals surface area contributed by atoms with E-state index in [9.17, 15) is 13.6 Å². The molecule has 0 aliphatic rings. The molecule has 0 aliphatic carbocycles. The molecular weight excluding hydrogens is 384 g/mol. The van der Waals surface area contributed by atoms with Crippen molar-refractivity contribution in [3.8, 4) is 11.3 Å². The number of halogens is 2. The van der Waals surface area contributed by atoms with E-state index in [2.05, 4.69) is 30.9 Å². The van der Waals surface area contributed by atoms with Gasteiger partial charge in [-0.3, -0.25) is 4.79 Å². The van der Waals surface area contributed by atoms with Gasteiger partial charge >= 0.3 is 0 Å². The van der Waals surface area contributed by atoms with E-state index in [0.29, 0.717) is 28.2 Å².